The van der Waals surface area contributed by atoms with Crippen LogP contribution in [0.15, 0.2) is 12.7 Å². The molecule has 7 heteroatoms. The molecule has 3 atom stereocenters. The van der Waals surface area contributed by atoms with Crippen LogP contribution < -0.4 is 11.1 Å². The summed E-state index contributed by atoms with van der Waals surface area (Å²) in [6.45, 7) is 5.00. The molecule has 1 saturated heterocycles. The van der Waals surface area contributed by atoms with E-state index in [0.29, 0.717) is 12.8 Å². The number of primary amides is 1. The SMILES string of the molecule is C=CCC[C@@H](NC(=O)[C@@H]1C[C@@H](O)CN1C(C)=O)C(N)=O. The highest BCUT2D eigenvalue weighted by molar-refractivity contribution is 5.91. The molecule has 20 heavy (non-hydrogen) atoms. The lowest BCUT2D eigenvalue weighted by atomic mass is 10.1. The van der Waals surface area contributed by atoms with Crippen molar-refractivity contribution in [3.05, 3.63) is 12.7 Å². The number of amides is 3. The maximum absolute atomic E-state index is 12.1. The van der Waals surface area contributed by atoms with Crippen molar-refractivity contribution < 1.29 is 19.5 Å². The van der Waals surface area contributed by atoms with E-state index in [-0.39, 0.29) is 18.9 Å². The first-order valence-corrected chi connectivity index (χ1v) is 6.52. The van der Waals surface area contributed by atoms with Crippen molar-refractivity contribution in [2.45, 2.75) is 44.4 Å². The predicted molar refractivity (Wildman–Crippen MR) is 72.4 cm³/mol. The lowest BCUT2D eigenvalue weighted by Crippen LogP contribution is -2.51. The third-order valence-electron chi connectivity index (χ3n) is 3.31. The number of aliphatic hydroxyl groups excluding tert-OH is 1. The fourth-order valence-electron chi connectivity index (χ4n) is 2.25. The number of hydrogen-bond donors (Lipinski definition) is 3. The van der Waals surface area contributed by atoms with Gasteiger partial charge in [0.15, 0.2) is 0 Å². The van der Waals surface area contributed by atoms with Crippen LogP contribution in [0.25, 0.3) is 0 Å². The average molecular weight is 283 g/mol. The van der Waals surface area contributed by atoms with Crippen LogP contribution in [-0.2, 0) is 14.4 Å². The Hall–Kier alpha value is -1.89. The van der Waals surface area contributed by atoms with Crippen LogP contribution in [0.5, 0.6) is 0 Å². The molecule has 1 rings (SSSR count). The minimum Gasteiger partial charge on any atom is -0.391 e. The van der Waals surface area contributed by atoms with Crippen molar-refractivity contribution in [1.82, 2.24) is 10.2 Å². The Morgan fingerprint density at radius 3 is 2.70 bits per heavy atom. The van der Waals surface area contributed by atoms with E-state index in [9.17, 15) is 19.5 Å². The first kappa shape index (κ1) is 16.2. The molecule has 0 bridgehead atoms. The Morgan fingerprint density at radius 1 is 1.55 bits per heavy atom. The number of nitrogens with two attached hydrogens (primary N) is 1. The molecule has 0 radical (unpaired) electrons. The van der Waals surface area contributed by atoms with Crippen LogP contribution in [0.3, 0.4) is 0 Å². The van der Waals surface area contributed by atoms with Gasteiger partial charge < -0.3 is 21.1 Å². The number of nitrogens with one attached hydrogen (secondary N) is 1. The fourth-order valence-corrected chi connectivity index (χ4v) is 2.25. The molecule has 0 saturated carbocycles. The molecule has 0 aliphatic carbocycles. The normalized spacial score (nSPS) is 23.2. The van der Waals surface area contributed by atoms with Gasteiger partial charge in [0.25, 0.3) is 0 Å². The highest BCUT2D eigenvalue weighted by Crippen LogP contribution is 2.18. The number of allylic oxidation sites excluding steroid dienone is 1. The summed E-state index contributed by atoms with van der Waals surface area (Å²) in [5, 5.41) is 12.1. The van der Waals surface area contributed by atoms with E-state index in [2.05, 4.69) is 11.9 Å². The number of β-amino-alcohol motifs (C(OH)–C–C–N with tert-alkyl or cyclic N) is 1. The number of carbonyl (C=O) groups is 3. The molecule has 0 spiro atoms. The quantitative estimate of drug-likeness (QED) is 0.537. The van der Waals surface area contributed by atoms with Gasteiger partial charge in [-0.1, -0.05) is 6.08 Å². The lowest BCUT2D eigenvalue weighted by molar-refractivity contribution is -0.138. The van der Waals surface area contributed by atoms with E-state index in [1.807, 2.05) is 0 Å². The second-order valence-electron chi connectivity index (χ2n) is 4.91. The summed E-state index contributed by atoms with van der Waals surface area (Å²) in [5.74, 6) is -1.39. The summed E-state index contributed by atoms with van der Waals surface area (Å²) < 4.78 is 0. The number of rotatable bonds is 6. The van der Waals surface area contributed by atoms with Crippen molar-refractivity contribution in [3.8, 4) is 0 Å². The monoisotopic (exact) mass is 283 g/mol. The molecule has 0 aromatic rings. The van der Waals surface area contributed by atoms with Crippen LogP contribution in [0, 0.1) is 0 Å². The van der Waals surface area contributed by atoms with E-state index in [1.165, 1.54) is 11.8 Å². The van der Waals surface area contributed by atoms with Gasteiger partial charge in [0.2, 0.25) is 17.7 Å². The molecular formula is C13H21N3O4. The maximum Gasteiger partial charge on any atom is 0.243 e. The number of carbonyl (C=O) groups excluding carboxylic acids is 3. The Morgan fingerprint density at radius 2 is 2.20 bits per heavy atom. The van der Waals surface area contributed by atoms with Gasteiger partial charge >= 0.3 is 0 Å². The number of hydrogen-bond acceptors (Lipinski definition) is 4. The summed E-state index contributed by atoms with van der Waals surface area (Å²) in [7, 11) is 0. The molecule has 7 nitrogen and oxygen atoms in total. The zero-order valence-electron chi connectivity index (χ0n) is 11.5. The fraction of sp³-hybridized carbons (Fsp3) is 0.615. The Kier molecular flexibility index (Phi) is 5.69. The Bertz CT molecular complexity index is 410. The molecule has 0 unspecified atom stereocenters. The third-order valence-corrected chi connectivity index (χ3v) is 3.31. The van der Waals surface area contributed by atoms with Gasteiger partial charge in [0.1, 0.15) is 12.1 Å². The molecule has 1 fully saturated rings. The highest BCUT2D eigenvalue weighted by Gasteiger charge is 2.38. The van der Waals surface area contributed by atoms with Crippen molar-refractivity contribution in [2.24, 2.45) is 5.73 Å². The first-order valence-electron chi connectivity index (χ1n) is 6.52. The van der Waals surface area contributed by atoms with Gasteiger partial charge in [-0.05, 0) is 12.8 Å². The molecular weight excluding hydrogens is 262 g/mol. The number of likely N-dealkylation sites (tertiary alicyclic amines) is 1. The van der Waals surface area contributed by atoms with Crippen molar-refractivity contribution in [3.63, 3.8) is 0 Å². The van der Waals surface area contributed by atoms with Crippen LogP contribution in [0.2, 0.25) is 0 Å². The van der Waals surface area contributed by atoms with Crippen LogP contribution in [0.4, 0.5) is 0 Å². The Labute approximate surface area is 117 Å². The minimum absolute atomic E-state index is 0.126. The molecule has 112 valence electrons. The van der Waals surface area contributed by atoms with Crippen molar-refractivity contribution in [2.75, 3.05) is 6.54 Å². The molecule has 1 aliphatic rings. The van der Waals surface area contributed by atoms with Gasteiger partial charge in [0.05, 0.1) is 6.10 Å². The summed E-state index contributed by atoms with van der Waals surface area (Å²) in [6, 6.07) is -1.56. The second kappa shape index (κ2) is 7.04. The zero-order chi connectivity index (χ0) is 15.3. The van der Waals surface area contributed by atoms with E-state index >= 15 is 0 Å². The summed E-state index contributed by atoms with van der Waals surface area (Å²) in [5.41, 5.74) is 5.23. The van der Waals surface area contributed by atoms with Crippen LogP contribution in [0.1, 0.15) is 26.2 Å². The summed E-state index contributed by atoms with van der Waals surface area (Å²) >= 11 is 0. The molecule has 1 aliphatic heterocycles. The molecule has 1 heterocycles. The topological polar surface area (TPSA) is 113 Å². The molecule has 0 aromatic heterocycles. The average Bonchev–Trinajstić information content (AvgIpc) is 2.76. The predicted octanol–water partition coefficient (Wildman–Crippen LogP) is -1.10. The smallest absolute Gasteiger partial charge is 0.243 e. The maximum atomic E-state index is 12.1. The molecule has 4 N–H and O–H groups in total. The standard InChI is InChI=1S/C13H21N3O4/c1-3-4-5-10(12(14)19)15-13(20)11-6-9(18)7-16(11)8(2)17/h3,9-11,18H,1,4-7H2,2H3,(H2,14,19)(H,15,20)/t9-,10-,11+/m1/s1. The van der Waals surface area contributed by atoms with Crippen LogP contribution in [-0.4, -0.2) is 52.5 Å². The number of nitrogens with zero attached hydrogens (tertiary/aromatic N) is 1. The third kappa shape index (κ3) is 4.06. The van der Waals surface area contributed by atoms with Gasteiger partial charge in [-0.3, -0.25) is 14.4 Å². The molecule has 3 amide bonds. The zero-order valence-corrected chi connectivity index (χ0v) is 11.5. The number of aliphatic hydroxyl groups is 1. The summed E-state index contributed by atoms with van der Waals surface area (Å²) in [4.78, 5) is 36.1. The van der Waals surface area contributed by atoms with E-state index in [1.54, 1.807) is 6.08 Å². The van der Waals surface area contributed by atoms with Gasteiger partial charge in [0, 0.05) is 19.9 Å². The van der Waals surface area contributed by atoms with Crippen molar-refractivity contribution in [1.29, 1.82) is 0 Å². The van der Waals surface area contributed by atoms with E-state index in [4.69, 9.17) is 5.73 Å². The summed E-state index contributed by atoms with van der Waals surface area (Å²) in [6.07, 6.45) is 1.97. The van der Waals surface area contributed by atoms with E-state index in [0.717, 1.165) is 0 Å². The van der Waals surface area contributed by atoms with Gasteiger partial charge in [-0.15, -0.1) is 6.58 Å². The first-order chi connectivity index (χ1) is 9.36. The van der Waals surface area contributed by atoms with Crippen LogP contribution >= 0.6 is 0 Å². The minimum atomic E-state index is -0.799. The van der Waals surface area contributed by atoms with Gasteiger partial charge in [-0.2, -0.15) is 0 Å². The second-order valence-corrected chi connectivity index (χ2v) is 4.91. The van der Waals surface area contributed by atoms with Crippen molar-refractivity contribution >= 4 is 17.7 Å². The lowest BCUT2D eigenvalue weighted by Gasteiger charge is -2.24. The molecule has 0 aromatic carbocycles. The Balaban J connectivity index is 2.70. The van der Waals surface area contributed by atoms with E-state index < -0.39 is 30.0 Å². The van der Waals surface area contributed by atoms with Gasteiger partial charge in [-0.25, -0.2) is 0 Å². The largest absolute Gasteiger partial charge is 0.391 e. The highest BCUT2D eigenvalue weighted by atomic mass is 16.3.